The van der Waals surface area contributed by atoms with Crippen molar-refractivity contribution in [2.24, 2.45) is 5.73 Å². The van der Waals surface area contributed by atoms with Gasteiger partial charge in [0.1, 0.15) is 0 Å². The molecule has 0 spiro atoms. The molecule has 1 fully saturated rings. The smallest absolute Gasteiger partial charge is 0.255 e. The van der Waals surface area contributed by atoms with E-state index < -0.39 is 12.0 Å². The highest BCUT2D eigenvalue weighted by atomic mass is 35.5. The molecule has 0 saturated heterocycles. The summed E-state index contributed by atoms with van der Waals surface area (Å²) in [6.07, 6.45) is 3.69. The monoisotopic (exact) mass is 503 g/mol. The summed E-state index contributed by atoms with van der Waals surface area (Å²) in [4.78, 5) is 35.2. The van der Waals surface area contributed by atoms with Crippen molar-refractivity contribution in [3.63, 3.8) is 0 Å². The topological polar surface area (TPSA) is 84.7 Å². The van der Waals surface area contributed by atoms with Gasteiger partial charge in [0.2, 0.25) is 0 Å². The van der Waals surface area contributed by atoms with Crippen LogP contribution in [0, 0.1) is 0 Å². The Bertz CT molecular complexity index is 1220. The molecule has 0 unspecified atom stereocenters. The Morgan fingerprint density at radius 1 is 0.972 bits per heavy atom. The molecule has 3 aromatic carbocycles. The van der Waals surface area contributed by atoms with E-state index in [0.717, 1.165) is 36.8 Å². The van der Waals surface area contributed by atoms with Crippen molar-refractivity contribution in [3.05, 3.63) is 106 Å². The van der Waals surface area contributed by atoms with Crippen LogP contribution in [0.25, 0.3) is 0 Å². The first-order valence-corrected chi connectivity index (χ1v) is 12.8. The zero-order valence-corrected chi connectivity index (χ0v) is 20.7. The summed E-state index contributed by atoms with van der Waals surface area (Å²) in [5.41, 5.74) is 12.2. The Morgan fingerprint density at radius 2 is 1.67 bits per heavy atom. The van der Waals surface area contributed by atoms with Crippen LogP contribution in [0.2, 0.25) is 5.02 Å². The van der Waals surface area contributed by atoms with Gasteiger partial charge in [-0.25, -0.2) is 5.48 Å². The number of nitrogens with one attached hydrogen (secondary N) is 1. The Morgan fingerprint density at radius 3 is 2.42 bits per heavy atom. The number of halogens is 1. The molecule has 7 heteroatoms. The lowest BCUT2D eigenvalue weighted by atomic mass is 9.76. The van der Waals surface area contributed by atoms with Crippen LogP contribution in [0.3, 0.4) is 0 Å². The van der Waals surface area contributed by atoms with Gasteiger partial charge in [0.25, 0.3) is 11.8 Å². The van der Waals surface area contributed by atoms with E-state index in [0.29, 0.717) is 16.1 Å². The highest BCUT2D eigenvalue weighted by molar-refractivity contribution is 6.30. The first-order valence-electron chi connectivity index (χ1n) is 12.4. The van der Waals surface area contributed by atoms with Gasteiger partial charge in [-0.1, -0.05) is 85.1 Å². The second-order valence-corrected chi connectivity index (χ2v) is 9.97. The van der Waals surface area contributed by atoms with E-state index in [1.807, 2.05) is 65.6 Å². The summed E-state index contributed by atoms with van der Waals surface area (Å²) in [6, 6.07) is 23.5. The zero-order valence-electron chi connectivity index (χ0n) is 20.0. The van der Waals surface area contributed by atoms with E-state index in [9.17, 15) is 9.59 Å². The number of carbonyl (C=O) groups excluding carboxylic acids is 2. The van der Waals surface area contributed by atoms with Gasteiger partial charge in [0.15, 0.2) is 0 Å². The Hall–Kier alpha value is -3.19. The van der Waals surface area contributed by atoms with Crippen molar-refractivity contribution in [3.8, 4) is 0 Å². The number of amides is 2. The third-order valence-corrected chi connectivity index (χ3v) is 7.52. The summed E-state index contributed by atoms with van der Waals surface area (Å²) >= 11 is 6.19. The van der Waals surface area contributed by atoms with Gasteiger partial charge in [0.05, 0.1) is 18.6 Å². The predicted octanol–water partition coefficient (Wildman–Crippen LogP) is 5.14. The highest BCUT2D eigenvalue weighted by Gasteiger charge is 2.48. The van der Waals surface area contributed by atoms with Gasteiger partial charge in [-0.2, -0.15) is 0 Å². The fourth-order valence-corrected chi connectivity index (χ4v) is 5.65. The average Bonchev–Trinajstić information content (AvgIpc) is 2.90. The fourth-order valence-electron chi connectivity index (χ4n) is 5.53. The molecule has 1 aliphatic carbocycles. The van der Waals surface area contributed by atoms with Crippen LogP contribution in [-0.2, 0) is 16.2 Å². The first kappa shape index (κ1) is 24.5. The van der Waals surface area contributed by atoms with Crippen LogP contribution in [0.1, 0.15) is 64.7 Å². The molecule has 1 heterocycles. The molecular formula is C29H30ClN3O3. The molecule has 2 amide bonds. The Balaban J connectivity index is 1.54. The average molecular weight is 504 g/mol. The van der Waals surface area contributed by atoms with Gasteiger partial charge in [-0.05, 0) is 47.7 Å². The lowest BCUT2D eigenvalue weighted by Gasteiger charge is -2.48. The molecule has 5 rings (SSSR count). The third kappa shape index (κ3) is 4.89. The van der Waals surface area contributed by atoms with E-state index in [-0.39, 0.29) is 30.5 Å². The number of nitrogens with zero attached hydrogens (tertiary/aromatic N) is 1. The summed E-state index contributed by atoms with van der Waals surface area (Å²) < 4.78 is 0. The van der Waals surface area contributed by atoms with Crippen LogP contribution < -0.4 is 11.2 Å². The molecule has 186 valence electrons. The molecule has 0 bridgehead atoms. The van der Waals surface area contributed by atoms with Crippen molar-refractivity contribution < 1.29 is 14.4 Å². The summed E-state index contributed by atoms with van der Waals surface area (Å²) in [7, 11) is 0. The largest absolute Gasteiger partial charge is 0.326 e. The fraction of sp³-hybridized carbons (Fsp3) is 0.310. The minimum atomic E-state index is -0.676. The van der Waals surface area contributed by atoms with Crippen LogP contribution in [0.15, 0.2) is 78.9 Å². The maximum Gasteiger partial charge on any atom is 0.255 e. The quantitative estimate of drug-likeness (QED) is 0.456. The summed E-state index contributed by atoms with van der Waals surface area (Å²) in [5.74, 6) is -1.08. The third-order valence-electron chi connectivity index (χ3n) is 7.26. The number of hydrogen-bond acceptors (Lipinski definition) is 4. The highest BCUT2D eigenvalue weighted by Crippen LogP contribution is 2.45. The van der Waals surface area contributed by atoms with Gasteiger partial charge in [-0.15, -0.1) is 0 Å². The molecule has 1 saturated carbocycles. The van der Waals surface area contributed by atoms with Crippen molar-refractivity contribution >= 4 is 23.4 Å². The number of hydrogen-bond donors (Lipinski definition) is 2. The SMILES string of the molecule is N[C@H]1CCCC[C@@H]1N1C(=O)c2ccccc2[C@@H](C(=O)NOCc2ccccc2)[C@@H]1c1ccc(Cl)cc1. The number of benzene rings is 3. The molecular weight excluding hydrogens is 474 g/mol. The van der Waals surface area contributed by atoms with Crippen molar-refractivity contribution in [2.75, 3.05) is 0 Å². The minimum absolute atomic E-state index is 0.0952. The molecule has 3 N–H and O–H groups in total. The predicted molar refractivity (Wildman–Crippen MR) is 139 cm³/mol. The van der Waals surface area contributed by atoms with Gasteiger partial charge < -0.3 is 10.6 Å². The zero-order chi connectivity index (χ0) is 25.1. The molecule has 3 aromatic rings. The number of rotatable bonds is 6. The van der Waals surface area contributed by atoms with E-state index >= 15 is 0 Å². The molecule has 2 aliphatic rings. The van der Waals surface area contributed by atoms with Crippen LogP contribution in [-0.4, -0.2) is 28.8 Å². The summed E-state index contributed by atoms with van der Waals surface area (Å²) in [6.45, 7) is 0.239. The lowest BCUT2D eigenvalue weighted by Crippen LogP contribution is -2.57. The maximum absolute atomic E-state index is 14.0. The summed E-state index contributed by atoms with van der Waals surface area (Å²) in [5, 5.41) is 0.592. The molecule has 6 nitrogen and oxygen atoms in total. The molecule has 0 radical (unpaired) electrons. The number of hydroxylamine groups is 1. The Kier molecular flexibility index (Phi) is 7.37. The van der Waals surface area contributed by atoms with E-state index in [1.54, 1.807) is 18.2 Å². The number of nitrogens with two attached hydrogens (primary N) is 1. The van der Waals surface area contributed by atoms with Crippen molar-refractivity contribution in [1.29, 1.82) is 0 Å². The van der Waals surface area contributed by atoms with Crippen molar-refractivity contribution in [1.82, 2.24) is 10.4 Å². The van der Waals surface area contributed by atoms with Gasteiger partial charge in [-0.3, -0.25) is 14.4 Å². The molecule has 36 heavy (non-hydrogen) atoms. The van der Waals surface area contributed by atoms with Crippen LogP contribution in [0.5, 0.6) is 0 Å². The van der Waals surface area contributed by atoms with E-state index in [1.165, 1.54) is 0 Å². The standard InChI is InChI=1S/C29H30ClN3O3/c30-21-16-14-20(15-17-21)27-26(28(34)32-36-18-19-8-2-1-3-9-19)22-10-4-5-11-23(22)29(35)33(27)25-13-7-6-12-24(25)31/h1-5,8-11,14-17,24-27H,6-7,12-13,18,31H2,(H,32,34)/t24-,25-,26+,27-/m0/s1. The van der Waals surface area contributed by atoms with E-state index in [2.05, 4.69) is 5.48 Å². The van der Waals surface area contributed by atoms with Gasteiger partial charge in [0, 0.05) is 22.7 Å². The molecule has 4 atom stereocenters. The second kappa shape index (κ2) is 10.8. The van der Waals surface area contributed by atoms with Gasteiger partial charge >= 0.3 is 0 Å². The first-order chi connectivity index (χ1) is 17.5. The normalized spacial score (nSPS) is 23.7. The number of carbonyl (C=O) groups is 2. The second-order valence-electron chi connectivity index (χ2n) is 9.53. The van der Waals surface area contributed by atoms with E-state index in [4.69, 9.17) is 22.2 Å². The van der Waals surface area contributed by atoms with Crippen molar-refractivity contribution in [2.45, 2.75) is 56.3 Å². The molecule has 1 aliphatic heterocycles. The molecule has 0 aromatic heterocycles. The van der Waals surface area contributed by atoms with Crippen LogP contribution >= 0.6 is 11.6 Å². The minimum Gasteiger partial charge on any atom is -0.326 e. The van der Waals surface area contributed by atoms with Crippen LogP contribution in [0.4, 0.5) is 0 Å². The number of fused-ring (bicyclic) bond motifs is 1. The lowest BCUT2D eigenvalue weighted by molar-refractivity contribution is -0.138. The maximum atomic E-state index is 14.0. The Labute approximate surface area is 216 Å².